The first-order valence-electron chi connectivity index (χ1n) is 8.92. The van der Waals surface area contributed by atoms with Gasteiger partial charge in [0.1, 0.15) is 17.5 Å². The lowest BCUT2D eigenvalue weighted by Gasteiger charge is -2.15. The van der Waals surface area contributed by atoms with Crippen molar-refractivity contribution in [1.82, 2.24) is 15.3 Å². The summed E-state index contributed by atoms with van der Waals surface area (Å²) in [6.45, 7) is 0. The molecular weight excluding hydrogens is 376 g/mol. The van der Waals surface area contributed by atoms with Gasteiger partial charge in [0.15, 0.2) is 5.16 Å². The molecule has 0 aliphatic heterocycles. The maximum atomic E-state index is 12.6. The molecule has 2 amide bonds. The van der Waals surface area contributed by atoms with Crippen LogP contribution in [0.4, 0.5) is 11.5 Å². The molecule has 3 rings (SSSR count). The fourth-order valence-corrected chi connectivity index (χ4v) is 3.60. The van der Waals surface area contributed by atoms with Crippen LogP contribution < -0.4 is 16.4 Å². The number of nitrogens with one attached hydrogen (secondary N) is 2. The summed E-state index contributed by atoms with van der Waals surface area (Å²) in [6.07, 6.45) is 5.56. The fourth-order valence-electron chi connectivity index (χ4n) is 2.97. The molecule has 4 N–H and O–H groups in total. The smallest absolute Gasteiger partial charge is 0.253 e. The molecule has 1 saturated carbocycles. The van der Waals surface area contributed by atoms with Crippen LogP contribution in [0, 0.1) is 11.3 Å². The highest BCUT2D eigenvalue weighted by atomic mass is 32.2. The summed E-state index contributed by atoms with van der Waals surface area (Å²) in [6, 6.07) is 9.00. The molecule has 0 radical (unpaired) electrons. The lowest BCUT2D eigenvalue weighted by atomic mass is 10.1. The molecule has 0 saturated heterocycles. The predicted octanol–water partition coefficient (Wildman–Crippen LogP) is 2.33. The number of nitrogens with two attached hydrogens (primary N) is 1. The third-order valence-electron chi connectivity index (χ3n) is 4.39. The number of thioether (sulfide) groups is 1. The number of carbonyl (C=O) groups excluding carboxylic acids is 2. The molecule has 1 aromatic carbocycles. The first-order chi connectivity index (χ1) is 13.6. The van der Waals surface area contributed by atoms with Crippen molar-refractivity contribution in [2.75, 3.05) is 16.8 Å². The summed E-state index contributed by atoms with van der Waals surface area (Å²) < 4.78 is 0. The molecule has 1 aromatic heterocycles. The van der Waals surface area contributed by atoms with Gasteiger partial charge < -0.3 is 16.4 Å². The lowest BCUT2D eigenvalue weighted by molar-refractivity contribution is -0.113. The molecule has 0 unspecified atom stereocenters. The summed E-state index contributed by atoms with van der Waals surface area (Å²) in [5, 5.41) is 14.9. The highest BCUT2D eigenvalue weighted by Crippen LogP contribution is 2.21. The van der Waals surface area contributed by atoms with Crippen LogP contribution in [0.15, 0.2) is 35.6 Å². The van der Waals surface area contributed by atoms with Gasteiger partial charge in [0.05, 0.1) is 23.2 Å². The zero-order valence-electron chi connectivity index (χ0n) is 15.1. The molecule has 144 valence electrons. The van der Waals surface area contributed by atoms with Crippen LogP contribution in [-0.2, 0) is 4.79 Å². The van der Waals surface area contributed by atoms with Gasteiger partial charge in [-0.1, -0.05) is 36.7 Å². The molecule has 1 aliphatic carbocycles. The van der Waals surface area contributed by atoms with E-state index in [-0.39, 0.29) is 35.0 Å². The molecule has 2 aromatic rings. The minimum atomic E-state index is -0.294. The number of rotatable bonds is 6. The Balaban J connectivity index is 1.60. The molecule has 8 nitrogen and oxygen atoms in total. The van der Waals surface area contributed by atoms with Crippen molar-refractivity contribution in [3.63, 3.8) is 0 Å². The first-order valence-corrected chi connectivity index (χ1v) is 9.90. The lowest BCUT2D eigenvalue weighted by Crippen LogP contribution is -2.33. The standard InChI is InChI=1S/C19H20N6O2S/c20-9-12-10-22-19(25-17(12)21)28-11-16(26)24-15-8-4-3-7-14(15)18(27)23-13-5-1-2-6-13/h3-4,7-8,10,13H,1-2,5-6,11H2,(H,23,27)(H,24,26)(H2,21,22,25). The maximum Gasteiger partial charge on any atom is 0.253 e. The molecule has 9 heteroatoms. The molecule has 1 heterocycles. The largest absolute Gasteiger partial charge is 0.382 e. The van der Waals surface area contributed by atoms with Crippen LogP contribution in [-0.4, -0.2) is 33.6 Å². The minimum Gasteiger partial charge on any atom is -0.382 e. The minimum absolute atomic E-state index is 0.0456. The molecule has 0 spiro atoms. The van der Waals surface area contributed by atoms with Crippen molar-refractivity contribution < 1.29 is 9.59 Å². The van der Waals surface area contributed by atoms with Gasteiger partial charge >= 0.3 is 0 Å². The second-order valence-corrected chi connectivity index (χ2v) is 7.34. The Morgan fingerprint density at radius 2 is 2.04 bits per heavy atom. The van der Waals surface area contributed by atoms with E-state index < -0.39 is 0 Å². The number of hydrogen-bond acceptors (Lipinski definition) is 7. The average Bonchev–Trinajstić information content (AvgIpc) is 3.20. The van der Waals surface area contributed by atoms with Gasteiger partial charge in [-0.15, -0.1) is 0 Å². The van der Waals surface area contributed by atoms with Gasteiger partial charge in [-0.2, -0.15) is 5.26 Å². The van der Waals surface area contributed by atoms with Gasteiger partial charge in [-0.25, -0.2) is 9.97 Å². The Morgan fingerprint density at radius 1 is 1.29 bits per heavy atom. The van der Waals surface area contributed by atoms with Crippen LogP contribution in [0.5, 0.6) is 0 Å². The molecular formula is C19H20N6O2S. The van der Waals surface area contributed by atoms with Crippen molar-refractivity contribution in [3.8, 4) is 6.07 Å². The van der Waals surface area contributed by atoms with Crippen LogP contribution in [0.1, 0.15) is 41.6 Å². The van der Waals surface area contributed by atoms with Crippen molar-refractivity contribution >= 4 is 35.1 Å². The third kappa shape index (κ3) is 4.98. The number of hydrogen-bond donors (Lipinski definition) is 3. The molecule has 0 atom stereocenters. The molecule has 0 bridgehead atoms. The van der Waals surface area contributed by atoms with Crippen LogP contribution in [0.2, 0.25) is 0 Å². The van der Waals surface area contributed by atoms with E-state index in [2.05, 4.69) is 20.6 Å². The molecule has 28 heavy (non-hydrogen) atoms. The number of anilines is 2. The Labute approximate surface area is 166 Å². The Bertz CT molecular complexity index is 921. The number of aromatic nitrogens is 2. The molecule has 1 fully saturated rings. The Morgan fingerprint density at radius 3 is 2.75 bits per heavy atom. The number of nitrogens with zero attached hydrogens (tertiary/aromatic N) is 3. The number of benzene rings is 1. The number of carbonyl (C=O) groups is 2. The van der Waals surface area contributed by atoms with E-state index in [4.69, 9.17) is 11.0 Å². The third-order valence-corrected chi connectivity index (χ3v) is 5.25. The topological polar surface area (TPSA) is 134 Å². The maximum absolute atomic E-state index is 12.6. The SMILES string of the molecule is N#Cc1cnc(SCC(=O)Nc2ccccc2C(=O)NC2CCCC2)nc1N. The van der Waals surface area contributed by atoms with Gasteiger partial charge in [0, 0.05) is 6.04 Å². The van der Waals surface area contributed by atoms with Gasteiger partial charge in [0.25, 0.3) is 5.91 Å². The summed E-state index contributed by atoms with van der Waals surface area (Å²) in [7, 11) is 0. The Hall–Kier alpha value is -3.12. The first kappa shape index (κ1) is 19.6. The van der Waals surface area contributed by atoms with Crippen molar-refractivity contribution in [1.29, 1.82) is 5.26 Å². The predicted molar refractivity (Wildman–Crippen MR) is 107 cm³/mol. The second kappa shape index (κ2) is 9.19. The van der Waals surface area contributed by atoms with Crippen LogP contribution >= 0.6 is 11.8 Å². The zero-order valence-corrected chi connectivity index (χ0v) is 16.0. The summed E-state index contributed by atoms with van der Waals surface area (Å²) in [5.41, 5.74) is 6.74. The summed E-state index contributed by atoms with van der Waals surface area (Å²) in [4.78, 5) is 32.8. The van der Waals surface area contributed by atoms with E-state index in [9.17, 15) is 9.59 Å². The highest BCUT2D eigenvalue weighted by Gasteiger charge is 2.20. The number of nitrogen functional groups attached to an aromatic ring is 1. The van der Waals surface area contributed by atoms with Crippen molar-refractivity contribution in [2.45, 2.75) is 36.9 Å². The zero-order chi connectivity index (χ0) is 19.9. The molecule has 1 aliphatic rings. The van der Waals surface area contributed by atoms with Crippen LogP contribution in [0.3, 0.4) is 0 Å². The monoisotopic (exact) mass is 396 g/mol. The number of amides is 2. The van der Waals surface area contributed by atoms with E-state index in [1.165, 1.54) is 6.20 Å². The Kier molecular flexibility index (Phi) is 6.45. The highest BCUT2D eigenvalue weighted by molar-refractivity contribution is 7.99. The summed E-state index contributed by atoms with van der Waals surface area (Å²) >= 11 is 1.10. The summed E-state index contributed by atoms with van der Waals surface area (Å²) in [5.74, 6) is -0.352. The van der Waals surface area contributed by atoms with Crippen molar-refractivity contribution in [3.05, 3.63) is 41.6 Å². The van der Waals surface area contributed by atoms with Gasteiger partial charge in [-0.3, -0.25) is 9.59 Å². The van der Waals surface area contributed by atoms with E-state index >= 15 is 0 Å². The van der Waals surface area contributed by atoms with E-state index in [0.717, 1.165) is 37.4 Å². The number of nitriles is 1. The average molecular weight is 396 g/mol. The van der Waals surface area contributed by atoms with E-state index in [1.54, 1.807) is 24.3 Å². The second-order valence-electron chi connectivity index (χ2n) is 6.40. The fraction of sp³-hybridized carbons (Fsp3) is 0.316. The number of para-hydroxylation sites is 1. The van der Waals surface area contributed by atoms with Crippen LogP contribution in [0.25, 0.3) is 0 Å². The van der Waals surface area contributed by atoms with Crippen molar-refractivity contribution in [2.24, 2.45) is 0 Å². The normalized spacial score (nSPS) is 13.7. The quantitative estimate of drug-likeness (QED) is 0.504. The van der Waals surface area contributed by atoms with E-state index in [1.807, 2.05) is 6.07 Å². The van der Waals surface area contributed by atoms with Gasteiger partial charge in [-0.05, 0) is 25.0 Å². The van der Waals surface area contributed by atoms with E-state index in [0.29, 0.717) is 16.4 Å². The van der Waals surface area contributed by atoms with Gasteiger partial charge in [0.2, 0.25) is 5.91 Å².